The SMILES string of the molecule is Cl.O=C(CCNC(=O)C1CC12CCNCC2)Nc1ccccc1. The average Bonchev–Trinajstić information content (AvgIpc) is 3.22. The van der Waals surface area contributed by atoms with E-state index in [2.05, 4.69) is 16.0 Å². The Balaban J connectivity index is 0.00000192. The van der Waals surface area contributed by atoms with Crippen LogP contribution in [0.1, 0.15) is 25.7 Å². The third kappa shape index (κ3) is 4.45. The standard InChI is InChI=1S/C17H23N3O2.ClH/c21-15(20-13-4-2-1-3-5-13)6-9-19-16(22)14-12-17(14)7-10-18-11-8-17;/h1-5,14,18H,6-12H2,(H,19,22)(H,20,21);1H. The average molecular weight is 338 g/mol. The highest BCUT2D eigenvalue weighted by atomic mass is 35.5. The number of piperidine rings is 1. The Bertz CT molecular complexity index is 544. The summed E-state index contributed by atoms with van der Waals surface area (Å²) in [6.07, 6.45) is 3.51. The van der Waals surface area contributed by atoms with Crippen LogP contribution in [0, 0.1) is 11.3 Å². The summed E-state index contributed by atoms with van der Waals surface area (Å²) in [5.74, 6) is 0.208. The molecule has 23 heavy (non-hydrogen) atoms. The topological polar surface area (TPSA) is 70.2 Å². The molecular formula is C17H24ClN3O2. The van der Waals surface area contributed by atoms with Gasteiger partial charge >= 0.3 is 0 Å². The van der Waals surface area contributed by atoms with Crippen molar-refractivity contribution >= 4 is 29.9 Å². The second kappa shape index (κ2) is 7.79. The molecule has 1 aliphatic carbocycles. The highest BCUT2D eigenvalue weighted by Crippen LogP contribution is 2.58. The van der Waals surface area contributed by atoms with Gasteiger partial charge in [0.05, 0.1) is 0 Å². The summed E-state index contributed by atoms with van der Waals surface area (Å²) in [7, 11) is 0. The molecule has 1 spiro atoms. The Morgan fingerprint density at radius 3 is 2.57 bits per heavy atom. The molecule has 1 aromatic rings. The smallest absolute Gasteiger partial charge is 0.226 e. The molecule has 3 N–H and O–H groups in total. The number of hydrogen-bond donors (Lipinski definition) is 3. The zero-order chi connectivity index (χ0) is 15.4. The van der Waals surface area contributed by atoms with Gasteiger partial charge in [-0.1, -0.05) is 18.2 Å². The van der Waals surface area contributed by atoms with E-state index in [-0.39, 0.29) is 35.6 Å². The van der Waals surface area contributed by atoms with Crippen LogP contribution in [0.4, 0.5) is 5.69 Å². The Hall–Kier alpha value is -1.59. The molecule has 0 bridgehead atoms. The van der Waals surface area contributed by atoms with Gasteiger partial charge in [0.15, 0.2) is 0 Å². The monoisotopic (exact) mass is 337 g/mol. The first-order valence-corrected chi connectivity index (χ1v) is 8.03. The van der Waals surface area contributed by atoms with Gasteiger partial charge in [0.2, 0.25) is 11.8 Å². The molecular weight excluding hydrogens is 314 g/mol. The van der Waals surface area contributed by atoms with Crippen molar-refractivity contribution in [2.24, 2.45) is 11.3 Å². The van der Waals surface area contributed by atoms with Gasteiger partial charge in [-0.25, -0.2) is 0 Å². The van der Waals surface area contributed by atoms with Crippen LogP contribution in [0.15, 0.2) is 30.3 Å². The molecule has 126 valence electrons. The lowest BCUT2D eigenvalue weighted by Crippen LogP contribution is -2.34. The first kappa shape index (κ1) is 17.8. The molecule has 3 rings (SSSR count). The van der Waals surface area contributed by atoms with E-state index in [9.17, 15) is 9.59 Å². The summed E-state index contributed by atoms with van der Waals surface area (Å²) in [5.41, 5.74) is 1.04. The fraction of sp³-hybridized carbons (Fsp3) is 0.529. The van der Waals surface area contributed by atoms with Gasteiger partial charge in [-0.3, -0.25) is 9.59 Å². The second-order valence-corrected chi connectivity index (χ2v) is 6.32. The van der Waals surface area contributed by atoms with E-state index >= 15 is 0 Å². The number of benzene rings is 1. The number of amides is 2. The van der Waals surface area contributed by atoms with E-state index in [4.69, 9.17) is 0 Å². The first-order valence-electron chi connectivity index (χ1n) is 8.03. The zero-order valence-corrected chi connectivity index (χ0v) is 14.0. The minimum absolute atomic E-state index is 0. The van der Waals surface area contributed by atoms with Crippen molar-refractivity contribution in [2.75, 3.05) is 25.0 Å². The number of nitrogens with one attached hydrogen (secondary N) is 3. The van der Waals surface area contributed by atoms with E-state index in [0.717, 1.165) is 38.0 Å². The van der Waals surface area contributed by atoms with Crippen LogP contribution in [-0.4, -0.2) is 31.4 Å². The minimum Gasteiger partial charge on any atom is -0.355 e. The Morgan fingerprint density at radius 1 is 1.17 bits per heavy atom. The molecule has 0 aromatic heterocycles. The first-order chi connectivity index (χ1) is 10.7. The molecule has 1 atom stereocenters. The van der Waals surface area contributed by atoms with Crippen molar-refractivity contribution in [3.63, 3.8) is 0 Å². The number of carbonyl (C=O) groups is 2. The van der Waals surface area contributed by atoms with E-state index in [1.54, 1.807) is 0 Å². The summed E-state index contributed by atoms with van der Waals surface area (Å²) >= 11 is 0. The van der Waals surface area contributed by atoms with Crippen LogP contribution in [0.2, 0.25) is 0 Å². The van der Waals surface area contributed by atoms with Crippen molar-refractivity contribution < 1.29 is 9.59 Å². The Labute approximate surface area is 143 Å². The highest BCUT2D eigenvalue weighted by molar-refractivity contribution is 5.91. The van der Waals surface area contributed by atoms with Crippen LogP contribution >= 0.6 is 12.4 Å². The Morgan fingerprint density at radius 2 is 1.87 bits per heavy atom. The summed E-state index contributed by atoms with van der Waals surface area (Å²) < 4.78 is 0. The van der Waals surface area contributed by atoms with E-state index in [1.165, 1.54) is 0 Å². The van der Waals surface area contributed by atoms with Gasteiger partial charge in [-0.05, 0) is 49.9 Å². The molecule has 1 saturated carbocycles. The van der Waals surface area contributed by atoms with Crippen molar-refractivity contribution in [3.8, 4) is 0 Å². The molecule has 5 nitrogen and oxygen atoms in total. The second-order valence-electron chi connectivity index (χ2n) is 6.32. The number of hydrogen-bond acceptors (Lipinski definition) is 3. The maximum atomic E-state index is 12.2. The van der Waals surface area contributed by atoms with Gasteiger partial charge in [-0.2, -0.15) is 0 Å². The third-order valence-corrected chi connectivity index (χ3v) is 4.81. The van der Waals surface area contributed by atoms with E-state index in [0.29, 0.717) is 13.0 Å². The number of para-hydroxylation sites is 1. The van der Waals surface area contributed by atoms with Gasteiger partial charge in [-0.15, -0.1) is 12.4 Å². The van der Waals surface area contributed by atoms with E-state index < -0.39 is 0 Å². The number of anilines is 1. The largest absolute Gasteiger partial charge is 0.355 e. The summed E-state index contributed by atoms with van der Waals surface area (Å²) in [5, 5.41) is 9.07. The molecule has 1 unspecified atom stereocenters. The molecule has 2 fully saturated rings. The zero-order valence-electron chi connectivity index (χ0n) is 13.1. The maximum Gasteiger partial charge on any atom is 0.226 e. The van der Waals surface area contributed by atoms with Crippen molar-refractivity contribution in [1.29, 1.82) is 0 Å². The van der Waals surface area contributed by atoms with Crippen molar-refractivity contribution in [2.45, 2.75) is 25.7 Å². The minimum atomic E-state index is -0.0705. The van der Waals surface area contributed by atoms with Crippen LogP contribution < -0.4 is 16.0 Å². The van der Waals surface area contributed by atoms with Gasteiger partial charge < -0.3 is 16.0 Å². The molecule has 1 aromatic carbocycles. The van der Waals surface area contributed by atoms with Crippen molar-refractivity contribution in [1.82, 2.24) is 10.6 Å². The van der Waals surface area contributed by atoms with Gasteiger partial charge in [0.25, 0.3) is 0 Å². The van der Waals surface area contributed by atoms with Crippen LogP contribution in [-0.2, 0) is 9.59 Å². The van der Waals surface area contributed by atoms with Crippen LogP contribution in [0.3, 0.4) is 0 Å². The number of rotatable bonds is 5. The summed E-state index contributed by atoms with van der Waals surface area (Å²) in [6.45, 7) is 2.44. The normalized spacial score (nSPS) is 21.1. The Kier molecular flexibility index (Phi) is 6.02. The molecule has 1 heterocycles. The summed E-state index contributed by atoms with van der Waals surface area (Å²) in [6, 6.07) is 9.36. The molecule has 1 saturated heterocycles. The quantitative estimate of drug-likeness (QED) is 0.769. The summed E-state index contributed by atoms with van der Waals surface area (Å²) in [4.78, 5) is 24.0. The fourth-order valence-electron chi connectivity index (χ4n) is 3.36. The molecule has 2 aliphatic rings. The molecule has 0 radical (unpaired) electrons. The molecule has 6 heteroatoms. The predicted molar refractivity (Wildman–Crippen MR) is 92.6 cm³/mol. The van der Waals surface area contributed by atoms with Crippen molar-refractivity contribution in [3.05, 3.63) is 30.3 Å². The molecule has 2 amide bonds. The van der Waals surface area contributed by atoms with E-state index in [1.807, 2.05) is 30.3 Å². The van der Waals surface area contributed by atoms with Crippen LogP contribution in [0.25, 0.3) is 0 Å². The third-order valence-electron chi connectivity index (χ3n) is 4.81. The predicted octanol–water partition coefficient (Wildman–Crippen LogP) is 1.94. The maximum absolute atomic E-state index is 12.2. The number of halogens is 1. The lowest BCUT2D eigenvalue weighted by atomic mass is 9.92. The van der Waals surface area contributed by atoms with Gasteiger partial charge in [0, 0.05) is 24.6 Å². The highest BCUT2D eigenvalue weighted by Gasteiger charge is 2.57. The fourth-order valence-corrected chi connectivity index (χ4v) is 3.36. The van der Waals surface area contributed by atoms with Crippen LogP contribution in [0.5, 0.6) is 0 Å². The lowest BCUT2D eigenvalue weighted by Gasteiger charge is -2.23. The molecule has 1 aliphatic heterocycles. The van der Waals surface area contributed by atoms with Gasteiger partial charge in [0.1, 0.15) is 0 Å². The lowest BCUT2D eigenvalue weighted by molar-refractivity contribution is -0.123. The number of carbonyl (C=O) groups excluding carboxylic acids is 2.